The molecule has 0 radical (unpaired) electrons. The summed E-state index contributed by atoms with van der Waals surface area (Å²) in [5.41, 5.74) is 0.596. The van der Waals surface area contributed by atoms with Gasteiger partial charge in [-0.05, 0) is 44.9 Å². The second-order valence-electron chi connectivity index (χ2n) is 5.74. The van der Waals surface area contributed by atoms with Crippen LogP contribution in [0.2, 0.25) is 0 Å². The summed E-state index contributed by atoms with van der Waals surface area (Å²) in [6.07, 6.45) is 2.40. The number of benzene rings is 1. The summed E-state index contributed by atoms with van der Waals surface area (Å²) in [4.78, 5) is 14.3. The molecule has 0 bridgehead atoms. The van der Waals surface area contributed by atoms with Gasteiger partial charge in [0.25, 0.3) is 0 Å². The molecule has 1 N–H and O–H groups in total. The van der Waals surface area contributed by atoms with E-state index in [4.69, 9.17) is 5.26 Å². The Balaban J connectivity index is 1.95. The van der Waals surface area contributed by atoms with E-state index in [-0.39, 0.29) is 5.78 Å². The Labute approximate surface area is 119 Å². The van der Waals surface area contributed by atoms with E-state index in [9.17, 15) is 9.90 Å². The average Bonchev–Trinajstić information content (AvgIpc) is 2.60. The van der Waals surface area contributed by atoms with Crippen LogP contribution in [0, 0.1) is 11.3 Å². The molecule has 1 aromatic carbocycles. The third kappa shape index (κ3) is 3.89. The summed E-state index contributed by atoms with van der Waals surface area (Å²) in [5, 5.41) is 18.8. The predicted molar refractivity (Wildman–Crippen MR) is 76.4 cm³/mol. The first-order valence-corrected chi connectivity index (χ1v) is 6.98. The van der Waals surface area contributed by atoms with Crippen LogP contribution in [0.15, 0.2) is 24.3 Å². The highest BCUT2D eigenvalue weighted by Crippen LogP contribution is 2.21. The first-order chi connectivity index (χ1) is 9.50. The molecule has 4 nitrogen and oxygen atoms in total. The molecule has 1 aliphatic heterocycles. The number of rotatable bonds is 3. The molecule has 1 saturated heterocycles. The quantitative estimate of drug-likeness (QED) is 0.855. The van der Waals surface area contributed by atoms with Crippen molar-refractivity contribution < 1.29 is 9.90 Å². The van der Waals surface area contributed by atoms with Crippen molar-refractivity contribution in [3.05, 3.63) is 35.4 Å². The monoisotopic (exact) mass is 272 g/mol. The first-order valence-electron chi connectivity index (χ1n) is 6.98. The second-order valence-corrected chi connectivity index (χ2v) is 5.74. The molecule has 4 heteroatoms. The lowest BCUT2D eigenvalue weighted by molar-refractivity contribution is 0.0444. The zero-order valence-corrected chi connectivity index (χ0v) is 11.8. The van der Waals surface area contributed by atoms with Gasteiger partial charge in [-0.3, -0.25) is 9.69 Å². The van der Waals surface area contributed by atoms with E-state index in [0.29, 0.717) is 24.1 Å². The van der Waals surface area contributed by atoms with Gasteiger partial charge in [0.05, 0.1) is 23.8 Å². The molecule has 0 saturated carbocycles. The summed E-state index contributed by atoms with van der Waals surface area (Å²) in [6.45, 7) is 3.83. The summed E-state index contributed by atoms with van der Waals surface area (Å²) in [5.74, 6) is 0.0658. The Hall–Kier alpha value is -1.70. The number of carbonyl (C=O) groups excluding carboxylic acids is 1. The molecule has 106 valence electrons. The van der Waals surface area contributed by atoms with E-state index in [0.717, 1.165) is 25.9 Å². The Morgan fingerprint density at radius 3 is 2.70 bits per heavy atom. The molecule has 0 aromatic heterocycles. The Kier molecular flexibility index (Phi) is 4.53. The van der Waals surface area contributed by atoms with E-state index in [1.807, 2.05) is 13.0 Å². The zero-order chi connectivity index (χ0) is 14.6. The molecule has 0 amide bonds. The standard InChI is InChI=1S/C16H20N2O2/c1-16(20)7-2-9-18(10-8-16)12-15(19)14-5-3-13(11-17)4-6-14/h3-6,20H,2,7-10,12H2,1H3. The van der Waals surface area contributed by atoms with E-state index >= 15 is 0 Å². The van der Waals surface area contributed by atoms with Gasteiger partial charge in [0.15, 0.2) is 5.78 Å². The Morgan fingerprint density at radius 2 is 2.05 bits per heavy atom. The largest absolute Gasteiger partial charge is 0.390 e. The van der Waals surface area contributed by atoms with Crippen LogP contribution in [0.4, 0.5) is 0 Å². The predicted octanol–water partition coefficient (Wildman–Crippen LogP) is 1.98. The lowest BCUT2D eigenvalue weighted by Gasteiger charge is -2.21. The lowest BCUT2D eigenvalue weighted by atomic mass is 9.98. The van der Waals surface area contributed by atoms with Crippen molar-refractivity contribution in [2.24, 2.45) is 0 Å². The van der Waals surface area contributed by atoms with Crippen LogP contribution in [-0.4, -0.2) is 41.0 Å². The Morgan fingerprint density at radius 1 is 1.35 bits per heavy atom. The number of nitriles is 1. The normalized spacial score (nSPS) is 23.9. The Bertz CT molecular complexity index is 514. The molecular weight excluding hydrogens is 252 g/mol. The van der Waals surface area contributed by atoms with Crippen molar-refractivity contribution in [2.75, 3.05) is 19.6 Å². The molecule has 0 spiro atoms. The first kappa shape index (κ1) is 14.7. The molecule has 1 fully saturated rings. The molecule has 1 aliphatic rings. The van der Waals surface area contributed by atoms with E-state index in [2.05, 4.69) is 4.90 Å². The van der Waals surface area contributed by atoms with Gasteiger partial charge in [-0.25, -0.2) is 0 Å². The smallest absolute Gasteiger partial charge is 0.176 e. The maximum Gasteiger partial charge on any atom is 0.176 e. The number of Topliss-reactive ketones (excluding diaryl/α,β-unsaturated/α-hetero) is 1. The number of likely N-dealkylation sites (tertiary alicyclic amines) is 1. The van der Waals surface area contributed by atoms with E-state index < -0.39 is 5.60 Å². The SMILES string of the molecule is CC1(O)CCCN(CC(=O)c2ccc(C#N)cc2)CC1. The van der Waals surface area contributed by atoms with Crippen LogP contribution < -0.4 is 0 Å². The van der Waals surface area contributed by atoms with E-state index in [1.54, 1.807) is 24.3 Å². The van der Waals surface area contributed by atoms with Crippen molar-refractivity contribution in [2.45, 2.75) is 31.8 Å². The van der Waals surface area contributed by atoms with Gasteiger partial charge in [-0.15, -0.1) is 0 Å². The van der Waals surface area contributed by atoms with Crippen molar-refractivity contribution in [3.63, 3.8) is 0 Å². The fourth-order valence-corrected chi connectivity index (χ4v) is 2.50. The van der Waals surface area contributed by atoms with Gasteiger partial charge in [-0.2, -0.15) is 5.26 Å². The topological polar surface area (TPSA) is 64.3 Å². The third-order valence-electron chi connectivity index (χ3n) is 3.86. The highest BCUT2D eigenvalue weighted by Gasteiger charge is 2.25. The molecular formula is C16H20N2O2. The zero-order valence-electron chi connectivity index (χ0n) is 11.8. The molecule has 1 aromatic rings. The maximum absolute atomic E-state index is 12.2. The number of hydrogen-bond acceptors (Lipinski definition) is 4. The minimum atomic E-state index is -0.605. The molecule has 20 heavy (non-hydrogen) atoms. The summed E-state index contributed by atoms with van der Waals surface area (Å²) in [6, 6.07) is 8.78. The summed E-state index contributed by atoms with van der Waals surface area (Å²) < 4.78 is 0. The molecule has 0 aliphatic carbocycles. The lowest BCUT2D eigenvalue weighted by Crippen LogP contribution is -2.32. The van der Waals surface area contributed by atoms with Gasteiger partial charge in [-0.1, -0.05) is 12.1 Å². The fourth-order valence-electron chi connectivity index (χ4n) is 2.50. The van der Waals surface area contributed by atoms with Crippen LogP contribution >= 0.6 is 0 Å². The number of hydrogen-bond donors (Lipinski definition) is 1. The fraction of sp³-hybridized carbons (Fsp3) is 0.500. The molecule has 1 atom stereocenters. The van der Waals surface area contributed by atoms with Crippen molar-refractivity contribution in [3.8, 4) is 6.07 Å². The van der Waals surface area contributed by atoms with Crippen LogP contribution in [0.5, 0.6) is 0 Å². The van der Waals surface area contributed by atoms with Gasteiger partial charge >= 0.3 is 0 Å². The van der Waals surface area contributed by atoms with Crippen LogP contribution in [-0.2, 0) is 0 Å². The number of nitrogens with zero attached hydrogens (tertiary/aromatic N) is 2. The summed E-state index contributed by atoms with van der Waals surface area (Å²) in [7, 11) is 0. The highest BCUT2D eigenvalue weighted by atomic mass is 16.3. The minimum Gasteiger partial charge on any atom is -0.390 e. The highest BCUT2D eigenvalue weighted by molar-refractivity contribution is 5.97. The van der Waals surface area contributed by atoms with Gasteiger partial charge in [0.2, 0.25) is 0 Å². The van der Waals surface area contributed by atoms with Crippen LogP contribution in [0.3, 0.4) is 0 Å². The van der Waals surface area contributed by atoms with Gasteiger partial charge in [0, 0.05) is 12.1 Å². The summed E-state index contributed by atoms with van der Waals surface area (Å²) >= 11 is 0. The molecule has 1 heterocycles. The van der Waals surface area contributed by atoms with Crippen molar-refractivity contribution in [1.82, 2.24) is 4.90 Å². The number of ketones is 1. The van der Waals surface area contributed by atoms with Crippen molar-refractivity contribution >= 4 is 5.78 Å². The van der Waals surface area contributed by atoms with Crippen LogP contribution in [0.1, 0.15) is 42.1 Å². The number of aliphatic hydroxyl groups is 1. The average molecular weight is 272 g/mol. The van der Waals surface area contributed by atoms with Gasteiger partial charge in [0.1, 0.15) is 0 Å². The molecule has 1 unspecified atom stereocenters. The maximum atomic E-state index is 12.2. The minimum absolute atomic E-state index is 0.0658. The van der Waals surface area contributed by atoms with Crippen molar-refractivity contribution in [1.29, 1.82) is 5.26 Å². The van der Waals surface area contributed by atoms with E-state index in [1.165, 1.54) is 0 Å². The van der Waals surface area contributed by atoms with Gasteiger partial charge < -0.3 is 5.11 Å². The third-order valence-corrected chi connectivity index (χ3v) is 3.86. The number of carbonyl (C=O) groups is 1. The van der Waals surface area contributed by atoms with Crippen LogP contribution in [0.25, 0.3) is 0 Å². The second kappa shape index (κ2) is 6.17. The molecule has 2 rings (SSSR count).